The molecule has 10 nitrogen and oxygen atoms in total. The van der Waals surface area contributed by atoms with Crippen molar-refractivity contribution in [3.8, 4) is 0 Å². The minimum Gasteiger partial charge on any atom is -0.285 e. The Hall–Kier alpha value is -2.62. The lowest BCUT2D eigenvalue weighted by Crippen LogP contribution is -2.24. The maximum Gasteiger partial charge on any atom is 0.0967 e. The van der Waals surface area contributed by atoms with Gasteiger partial charge in [-0.3, -0.25) is 9.58 Å². The molecule has 0 aliphatic carbocycles. The van der Waals surface area contributed by atoms with Gasteiger partial charge in [-0.2, -0.15) is 0 Å². The average molecular weight is 401 g/mol. The van der Waals surface area contributed by atoms with Crippen LogP contribution >= 0.6 is 0 Å². The molecule has 0 fully saturated rings. The third-order valence-corrected chi connectivity index (χ3v) is 4.52. The van der Waals surface area contributed by atoms with Crippen molar-refractivity contribution in [3.05, 3.63) is 35.7 Å². The van der Waals surface area contributed by atoms with E-state index in [1.807, 2.05) is 39.6 Å². The predicted molar refractivity (Wildman–Crippen MR) is 109 cm³/mol. The van der Waals surface area contributed by atoms with E-state index in [0.29, 0.717) is 19.6 Å². The van der Waals surface area contributed by atoms with Crippen LogP contribution in [0.5, 0.6) is 0 Å². The van der Waals surface area contributed by atoms with Gasteiger partial charge in [0.05, 0.1) is 40.6 Å². The Morgan fingerprint density at radius 2 is 1.10 bits per heavy atom. The Bertz CT molecular complexity index is 867. The van der Waals surface area contributed by atoms with Crippen LogP contribution in [0.25, 0.3) is 0 Å². The van der Waals surface area contributed by atoms with Crippen LogP contribution in [0.15, 0.2) is 18.6 Å². The molecular formula is C19H32N10. The van der Waals surface area contributed by atoms with Crippen LogP contribution in [0.3, 0.4) is 0 Å². The Balaban J connectivity index is 1.79. The molecule has 10 heteroatoms. The highest BCUT2D eigenvalue weighted by Gasteiger charge is 2.20. The van der Waals surface area contributed by atoms with E-state index in [9.17, 15) is 0 Å². The van der Waals surface area contributed by atoms with Crippen LogP contribution in [0, 0.1) is 0 Å². The van der Waals surface area contributed by atoms with Crippen molar-refractivity contribution in [3.63, 3.8) is 0 Å². The SMILES string of the molecule is CCn1cc(CN(Cc2cn(C(C)(C)C)nn2)Cc2cn(C(C)(C)C)nn2)nn1. The molecule has 3 rings (SSSR count). The summed E-state index contributed by atoms with van der Waals surface area (Å²) in [5.41, 5.74) is 2.53. The topological polar surface area (TPSA) is 95.4 Å². The fourth-order valence-electron chi connectivity index (χ4n) is 2.82. The first kappa shape index (κ1) is 21.1. The van der Waals surface area contributed by atoms with Crippen molar-refractivity contribution in [1.82, 2.24) is 49.9 Å². The number of hydrogen-bond acceptors (Lipinski definition) is 7. The molecule has 29 heavy (non-hydrogen) atoms. The second kappa shape index (κ2) is 8.02. The van der Waals surface area contributed by atoms with Crippen LogP contribution in [0.1, 0.15) is 65.5 Å². The van der Waals surface area contributed by atoms with Crippen LogP contribution in [0.4, 0.5) is 0 Å². The summed E-state index contributed by atoms with van der Waals surface area (Å²) in [7, 11) is 0. The zero-order chi connectivity index (χ0) is 21.2. The maximum absolute atomic E-state index is 4.36. The Morgan fingerprint density at radius 3 is 1.45 bits per heavy atom. The van der Waals surface area contributed by atoms with Gasteiger partial charge in [-0.15, -0.1) is 15.3 Å². The highest BCUT2D eigenvalue weighted by molar-refractivity contribution is 5.01. The first-order valence-corrected chi connectivity index (χ1v) is 9.99. The molecule has 158 valence electrons. The summed E-state index contributed by atoms with van der Waals surface area (Å²) in [6, 6.07) is 0. The molecule has 0 radical (unpaired) electrons. The second-order valence-electron chi connectivity index (χ2n) is 9.36. The summed E-state index contributed by atoms with van der Waals surface area (Å²) in [6.07, 6.45) is 5.98. The van der Waals surface area contributed by atoms with Crippen molar-refractivity contribution >= 4 is 0 Å². The molecule has 3 aromatic heterocycles. The monoisotopic (exact) mass is 400 g/mol. The molecular weight excluding hydrogens is 368 g/mol. The van der Waals surface area contributed by atoms with Crippen molar-refractivity contribution in [1.29, 1.82) is 0 Å². The molecule has 0 N–H and O–H groups in total. The van der Waals surface area contributed by atoms with Gasteiger partial charge >= 0.3 is 0 Å². The molecule has 0 spiro atoms. The van der Waals surface area contributed by atoms with Gasteiger partial charge in [-0.05, 0) is 48.5 Å². The standard InChI is InChI=1S/C19H32N10/c1-8-27-12-15(20-23-27)9-26(10-16-13-28(24-21-16)18(2,3)4)11-17-14-29(25-22-17)19(5,6)7/h12-14H,8-11H2,1-7H3. The van der Waals surface area contributed by atoms with Gasteiger partial charge in [0.2, 0.25) is 0 Å². The lowest BCUT2D eigenvalue weighted by Gasteiger charge is -2.20. The van der Waals surface area contributed by atoms with Gasteiger partial charge in [-0.1, -0.05) is 15.6 Å². The largest absolute Gasteiger partial charge is 0.285 e. The fraction of sp³-hybridized carbons (Fsp3) is 0.684. The molecule has 0 amide bonds. The first-order valence-electron chi connectivity index (χ1n) is 9.99. The van der Waals surface area contributed by atoms with Crippen LogP contribution in [-0.2, 0) is 37.3 Å². The number of rotatable bonds is 7. The van der Waals surface area contributed by atoms with Gasteiger partial charge in [0.1, 0.15) is 0 Å². The smallest absolute Gasteiger partial charge is 0.0967 e. The van der Waals surface area contributed by atoms with Gasteiger partial charge in [0.15, 0.2) is 0 Å². The summed E-state index contributed by atoms with van der Waals surface area (Å²) in [5.74, 6) is 0. The zero-order valence-electron chi connectivity index (χ0n) is 18.5. The van der Waals surface area contributed by atoms with E-state index in [2.05, 4.69) is 77.4 Å². The minimum atomic E-state index is -0.102. The Morgan fingerprint density at radius 1 is 0.690 bits per heavy atom. The fourth-order valence-corrected chi connectivity index (χ4v) is 2.82. The lowest BCUT2D eigenvalue weighted by atomic mass is 10.1. The van der Waals surface area contributed by atoms with Crippen molar-refractivity contribution < 1.29 is 0 Å². The van der Waals surface area contributed by atoms with Crippen LogP contribution < -0.4 is 0 Å². The highest BCUT2D eigenvalue weighted by Crippen LogP contribution is 2.16. The summed E-state index contributed by atoms with van der Waals surface area (Å²) in [6.45, 7) is 17.4. The number of nitrogens with zero attached hydrogens (tertiary/aromatic N) is 10. The second-order valence-corrected chi connectivity index (χ2v) is 9.36. The van der Waals surface area contributed by atoms with E-state index in [4.69, 9.17) is 0 Å². The molecule has 0 aromatic carbocycles. The van der Waals surface area contributed by atoms with E-state index in [1.165, 1.54) is 0 Å². The first-order chi connectivity index (χ1) is 13.5. The van der Waals surface area contributed by atoms with Crippen LogP contribution in [0.2, 0.25) is 0 Å². The van der Waals surface area contributed by atoms with E-state index in [0.717, 1.165) is 23.6 Å². The van der Waals surface area contributed by atoms with Crippen molar-refractivity contribution in [2.75, 3.05) is 0 Å². The number of hydrogen-bond donors (Lipinski definition) is 0. The highest BCUT2D eigenvalue weighted by atomic mass is 15.5. The summed E-state index contributed by atoms with van der Waals surface area (Å²) >= 11 is 0. The molecule has 0 unspecified atom stereocenters. The number of aromatic nitrogens is 9. The molecule has 0 atom stereocenters. The summed E-state index contributed by atoms with van der Waals surface area (Å²) in [4.78, 5) is 2.23. The quantitative estimate of drug-likeness (QED) is 0.600. The summed E-state index contributed by atoms with van der Waals surface area (Å²) in [5, 5.41) is 25.7. The maximum atomic E-state index is 4.36. The van der Waals surface area contributed by atoms with E-state index in [1.54, 1.807) is 0 Å². The van der Waals surface area contributed by atoms with E-state index >= 15 is 0 Å². The lowest BCUT2D eigenvalue weighted by molar-refractivity contribution is 0.238. The third kappa shape index (κ3) is 5.47. The van der Waals surface area contributed by atoms with E-state index < -0.39 is 0 Å². The van der Waals surface area contributed by atoms with Gasteiger partial charge in [-0.25, -0.2) is 9.36 Å². The van der Waals surface area contributed by atoms with Gasteiger partial charge in [0.25, 0.3) is 0 Å². The molecule has 3 aromatic rings. The minimum absolute atomic E-state index is 0.102. The van der Waals surface area contributed by atoms with E-state index in [-0.39, 0.29) is 11.1 Å². The predicted octanol–water partition coefficient (Wildman–Crippen LogP) is 2.19. The molecule has 0 bridgehead atoms. The molecule has 3 heterocycles. The molecule has 0 aliphatic heterocycles. The van der Waals surface area contributed by atoms with Crippen molar-refractivity contribution in [2.45, 2.75) is 85.7 Å². The molecule has 0 saturated carbocycles. The molecule has 0 saturated heterocycles. The normalized spacial score (nSPS) is 12.8. The van der Waals surface area contributed by atoms with Gasteiger partial charge < -0.3 is 0 Å². The summed E-state index contributed by atoms with van der Waals surface area (Å²) < 4.78 is 5.62. The average Bonchev–Trinajstić information content (AvgIpc) is 3.33. The Kier molecular flexibility index (Phi) is 5.83. The van der Waals surface area contributed by atoms with Crippen molar-refractivity contribution in [2.24, 2.45) is 0 Å². The number of aryl methyl sites for hydroxylation is 1. The third-order valence-electron chi connectivity index (χ3n) is 4.52. The van der Waals surface area contributed by atoms with Crippen LogP contribution in [-0.4, -0.2) is 49.9 Å². The zero-order valence-corrected chi connectivity index (χ0v) is 18.5. The van der Waals surface area contributed by atoms with Gasteiger partial charge in [0, 0.05) is 32.4 Å². The Labute approximate surface area is 171 Å². The molecule has 0 aliphatic rings.